The van der Waals surface area contributed by atoms with Crippen molar-refractivity contribution in [1.29, 1.82) is 0 Å². The molecule has 1 aromatic carbocycles. The summed E-state index contributed by atoms with van der Waals surface area (Å²) in [6.07, 6.45) is 2.28. The van der Waals surface area contributed by atoms with E-state index >= 15 is 0 Å². The van der Waals surface area contributed by atoms with Gasteiger partial charge in [-0.25, -0.2) is 0 Å². The second-order valence-electron chi connectivity index (χ2n) is 3.08. The predicted octanol–water partition coefficient (Wildman–Crippen LogP) is 2.78. The van der Waals surface area contributed by atoms with Gasteiger partial charge >= 0.3 is 0 Å². The zero-order chi connectivity index (χ0) is 11.3. The van der Waals surface area contributed by atoms with Crippen LogP contribution in [-0.4, -0.2) is 24.5 Å². The highest BCUT2D eigenvalue weighted by atomic mass is 35.5. The maximum Gasteiger partial charge on any atom is 0.0486 e. The van der Waals surface area contributed by atoms with Gasteiger partial charge in [0.25, 0.3) is 0 Å². The van der Waals surface area contributed by atoms with Crippen molar-refractivity contribution < 1.29 is 5.11 Å². The first-order valence-corrected chi connectivity index (χ1v) is 5.09. The van der Waals surface area contributed by atoms with E-state index in [0.29, 0.717) is 11.4 Å². The summed E-state index contributed by atoms with van der Waals surface area (Å²) in [6, 6.07) is 5.55. The highest BCUT2D eigenvalue weighted by Gasteiger charge is 2.06. The maximum atomic E-state index is 8.91. The van der Waals surface area contributed by atoms with Gasteiger partial charge in [-0.1, -0.05) is 30.3 Å². The van der Waals surface area contributed by atoms with Crippen LogP contribution in [0.4, 0.5) is 0 Å². The quantitative estimate of drug-likeness (QED) is 0.783. The molecule has 3 heteroatoms. The second-order valence-corrected chi connectivity index (χ2v) is 3.52. The lowest BCUT2D eigenvalue weighted by Gasteiger charge is -2.08. The topological polar surface area (TPSA) is 32.6 Å². The fourth-order valence-electron chi connectivity index (χ4n) is 1.44. The molecule has 0 saturated heterocycles. The van der Waals surface area contributed by atoms with Gasteiger partial charge in [0.05, 0.1) is 0 Å². The Bertz CT molecular complexity index is 385. The predicted molar refractivity (Wildman–Crippen MR) is 65.7 cm³/mol. The molecule has 0 saturated carbocycles. The number of aliphatic hydroxyl groups excluding tert-OH is 1. The lowest BCUT2D eigenvalue weighted by atomic mass is 10.0. The van der Waals surface area contributed by atoms with Crippen LogP contribution in [-0.2, 0) is 0 Å². The molecule has 15 heavy (non-hydrogen) atoms. The van der Waals surface area contributed by atoms with Gasteiger partial charge in [-0.05, 0) is 17.7 Å². The molecule has 1 N–H and O–H groups in total. The molecule has 0 fully saturated rings. The molecule has 1 rings (SSSR count). The summed E-state index contributed by atoms with van der Waals surface area (Å²) >= 11 is 5.88. The molecule has 0 aliphatic carbocycles. The van der Waals surface area contributed by atoms with E-state index in [1.165, 1.54) is 0 Å². The summed E-state index contributed by atoms with van der Waals surface area (Å²) in [5.74, 6) is 0. The highest BCUT2D eigenvalue weighted by Crippen LogP contribution is 2.19. The number of aliphatic hydroxyl groups is 1. The summed E-state index contributed by atoms with van der Waals surface area (Å²) in [4.78, 5) is 4.15. The third-order valence-electron chi connectivity index (χ3n) is 2.16. The largest absolute Gasteiger partial charge is 0.396 e. The molecule has 0 aromatic heterocycles. The van der Waals surface area contributed by atoms with Crippen LogP contribution in [0, 0.1) is 0 Å². The number of hydrogen-bond acceptors (Lipinski definition) is 2. The molecule has 0 aliphatic rings. The summed E-state index contributed by atoms with van der Waals surface area (Å²) < 4.78 is 0. The van der Waals surface area contributed by atoms with E-state index in [4.69, 9.17) is 16.7 Å². The zero-order valence-electron chi connectivity index (χ0n) is 8.70. The summed E-state index contributed by atoms with van der Waals surface area (Å²) in [6.45, 7) is 3.82. The first kappa shape index (κ1) is 12.0. The van der Waals surface area contributed by atoms with Crippen LogP contribution < -0.4 is 0 Å². The van der Waals surface area contributed by atoms with E-state index in [0.717, 1.165) is 16.8 Å². The minimum atomic E-state index is 0.0892. The SMILES string of the molecule is C=Cc1cc(Cl)ccc1C(CCO)=NC. The number of hydrogen-bond donors (Lipinski definition) is 1. The van der Waals surface area contributed by atoms with Gasteiger partial charge in [0.1, 0.15) is 0 Å². The minimum Gasteiger partial charge on any atom is -0.396 e. The Morgan fingerprint density at radius 3 is 2.87 bits per heavy atom. The van der Waals surface area contributed by atoms with E-state index < -0.39 is 0 Å². The van der Waals surface area contributed by atoms with Crippen LogP contribution in [0.3, 0.4) is 0 Å². The Balaban J connectivity index is 3.17. The van der Waals surface area contributed by atoms with Crippen molar-refractivity contribution in [1.82, 2.24) is 0 Å². The van der Waals surface area contributed by atoms with Gasteiger partial charge in [0, 0.05) is 36.4 Å². The van der Waals surface area contributed by atoms with Crippen molar-refractivity contribution in [2.24, 2.45) is 4.99 Å². The van der Waals surface area contributed by atoms with Crippen molar-refractivity contribution >= 4 is 23.4 Å². The van der Waals surface area contributed by atoms with Crippen molar-refractivity contribution in [2.75, 3.05) is 13.7 Å². The number of rotatable bonds is 4. The van der Waals surface area contributed by atoms with Crippen LogP contribution in [0.5, 0.6) is 0 Å². The van der Waals surface area contributed by atoms with E-state index in [-0.39, 0.29) is 6.61 Å². The van der Waals surface area contributed by atoms with Gasteiger partial charge in [0.15, 0.2) is 0 Å². The zero-order valence-corrected chi connectivity index (χ0v) is 9.46. The van der Waals surface area contributed by atoms with Crippen molar-refractivity contribution in [3.8, 4) is 0 Å². The second kappa shape index (κ2) is 5.69. The summed E-state index contributed by atoms with van der Waals surface area (Å²) in [5, 5.41) is 9.59. The molecule has 0 atom stereocenters. The average molecular weight is 224 g/mol. The van der Waals surface area contributed by atoms with Crippen molar-refractivity contribution in [2.45, 2.75) is 6.42 Å². The van der Waals surface area contributed by atoms with Crippen molar-refractivity contribution in [3.63, 3.8) is 0 Å². The molecule has 0 unspecified atom stereocenters. The van der Waals surface area contributed by atoms with Crippen LogP contribution in [0.25, 0.3) is 6.08 Å². The molecule has 0 radical (unpaired) electrons. The van der Waals surface area contributed by atoms with Crippen LogP contribution in [0.1, 0.15) is 17.5 Å². The molecule has 0 bridgehead atoms. The molecule has 0 aliphatic heterocycles. The smallest absolute Gasteiger partial charge is 0.0486 e. The number of nitrogens with zero attached hydrogens (tertiary/aromatic N) is 1. The lowest BCUT2D eigenvalue weighted by molar-refractivity contribution is 0.307. The van der Waals surface area contributed by atoms with Gasteiger partial charge in [-0.2, -0.15) is 0 Å². The fourth-order valence-corrected chi connectivity index (χ4v) is 1.62. The molecular weight excluding hydrogens is 210 g/mol. The maximum absolute atomic E-state index is 8.91. The number of halogens is 1. The normalized spacial score (nSPS) is 11.5. The molecule has 2 nitrogen and oxygen atoms in total. The van der Waals surface area contributed by atoms with Gasteiger partial charge in [0.2, 0.25) is 0 Å². The standard InChI is InChI=1S/C12H14ClNO/c1-3-9-8-10(13)4-5-11(9)12(14-2)6-7-15/h3-5,8,15H,1,6-7H2,2H3. The van der Waals surface area contributed by atoms with E-state index in [2.05, 4.69) is 11.6 Å². The van der Waals surface area contributed by atoms with Gasteiger partial charge in [-0.15, -0.1) is 0 Å². The molecular formula is C12H14ClNO. The average Bonchev–Trinajstić information content (AvgIpc) is 2.26. The Morgan fingerprint density at radius 1 is 1.60 bits per heavy atom. The Morgan fingerprint density at radius 2 is 2.33 bits per heavy atom. The molecule has 0 spiro atoms. The summed E-state index contributed by atoms with van der Waals surface area (Å²) in [5.41, 5.74) is 2.78. The Hall–Kier alpha value is -1.12. The van der Waals surface area contributed by atoms with Gasteiger partial charge < -0.3 is 5.11 Å². The van der Waals surface area contributed by atoms with Gasteiger partial charge in [-0.3, -0.25) is 4.99 Å². The van der Waals surface area contributed by atoms with Crippen LogP contribution >= 0.6 is 11.6 Å². The first-order valence-electron chi connectivity index (χ1n) is 4.71. The first-order chi connectivity index (χ1) is 7.22. The molecule has 0 amide bonds. The minimum absolute atomic E-state index is 0.0892. The highest BCUT2D eigenvalue weighted by molar-refractivity contribution is 6.30. The monoisotopic (exact) mass is 223 g/mol. The van der Waals surface area contributed by atoms with E-state index in [9.17, 15) is 0 Å². The molecule has 0 heterocycles. The third kappa shape index (κ3) is 2.91. The third-order valence-corrected chi connectivity index (χ3v) is 2.40. The molecule has 80 valence electrons. The van der Waals surface area contributed by atoms with Crippen LogP contribution in [0.15, 0.2) is 29.8 Å². The van der Waals surface area contributed by atoms with Crippen molar-refractivity contribution in [3.05, 3.63) is 40.9 Å². The molecule has 1 aromatic rings. The lowest BCUT2D eigenvalue weighted by Crippen LogP contribution is -2.05. The van der Waals surface area contributed by atoms with Crippen LogP contribution in [0.2, 0.25) is 5.02 Å². The number of aliphatic imine (C=N–C) groups is 1. The fraction of sp³-hybridized carbons (Fsp3) is 0.250. The Kier molecular flexibility index (Phi) is 4.53. The van der Waals surface area contributed by atoms with E-state index in [1.807, 2.05) is 18.2 Å². The summed E-state index contributed by atoms with van der Waals surface area (Å²) in [7, 11) is 1.71. The number of benzene rings is 1. The Labute approximate surface area is 94.9 Å². The van der Waals surface area contributed by atoms with E-state index in [1.54, 1.807) is 13.1 Å².